The molecule has 2 atom stereocenters. The van der Waals surface area contributed by atoms with Crippen LogP contribution in [-0.2, 0) is 4.74 Å². The lowest BCUT2D eigenvalue weighted by atomic mass is 9.70. The molecule has 2 heterocycles. The summed E-state index contributed by atoms with van der Waals surface area (Å²) in [5, 5.41) is 10.4. The van der Waals surface area contributed by atoms with Gasteiger partial charge in [0, 0.05) is 19.0 Å². The van der Waals surface area contributed by atoms with E-state index in [4.69, 9.17) is 4.74 Å². The lowest BCUT2D eigenvalue weighted by Crippen LogP contribution is -2.46. The van der Waals surface area contributed by atoms with Crippen molar-refractivity contribution in [2.24, 2.45) is 5.92 Å². The van der Waals surface area contributed by atoms with Crippen molar-refractivity contribution >= 4 is 0 Å². The first-order chi connectivity index (χ1) is 8.29. The zero-order valence-corrected chi connectivity index (χ0v) is 10.0. The van der Waals surface area contributed by atoms with E-state index < -0.39 is 0 Å². The molecular weight excluding hydrogens is 214 g/mol. The molecular formula is C14H19NO2. The van der Waals surface area contributed by atoms with E-state index in [9.17, 15) is 5.11 Å². The fraction of sp³-hybridized carbons (Fsp3) is 0.643. The van der Waals surface area contributed by atoms with Crippen LogP contribution in [0.1, 0.15) is 43.8 Å². The molecule has 2 fully saturated rings. The van der Waals surface area contributed by atoms with Crippen LogP contribution in [0.15, 0.2) is 24.5 Å². The van der Waals surface area contributed by atoms with E-state index in [0.29, 0.717) is 5.92 Å². The first-order valence-electron chi connectivity index (χ1n) is 6.51. The summed E-state index contributed by atoms with van der Waals surface area (Å²) in [5.41, 5.74) is 1.10. The maximum absolute atomic E-state index is 10.4. The maximum atomic E-state index is 10.4. The maximum Gasteiger partial charge on any atom is 0.0821 e. The van der Waals surface area contributed by atoms with Gasteiger partial charge in [0.05, 0.1) is 11.7 Å². The molecule has 1 aromatic heterocycles. The van der Waals surface area contributed by atoms with Gasteiger partial charge < -0.3 is 9.84 Å². The standard InChI is InChI=1S/C14H19NO2/c16-13(11-2-7-15-8-3-11)12-4-9-17-14(10-12)5-1-6-14/h2-3,7-8,12-13,16H,1,4-6,9-10H2. The minimum atomic E-state index is -0.362. The molecule has 1 N–H and O–H groups in total. The van der Waals surface area contributed by atoms with Gasteiger partial charge >= 0.3 is 0 Å². The van der Waals surface area contributed by atoms with E-state index in [2.05, 4.69) is 4.98 Å². The van der Waals surface area contributed by atoms with Gasteiger partial charge in [0.1, 0.15) is 0 Å². The first kappa shape index (κ1) is 11.2. The Morgan fingerprint density at radius 3 is 2.76 bits per heavy atom. The fourth-order valence-corrected chi connectivity index (χ4v) is 3.09. The third kappa shape index (κ3) is 2.09. The van der Waals surface area contributed by atoms with E-state index in [0.717, 1.165) is 25.0 Å². The van der Waals surface area contributed by atoms with Gasteiger partial charge in [-0.25, -0.2) is 0 Å². The Labute approximate surface area is 102 Å². The molecule has 0 radical (unpaired) electrons. The summed E-state index contributed by atoms with van der Waals surface area (Å²) < 4.78 is 5.89. The molecule has 0 amide bonds. The average Bonchev–Trinajstić information content (AvgIpc) is 2.37. The van der Waals surface area contributed by atoms with Crippen LogP contribution in [0.2, 0.25) is 0 Å². The molecule has 3 heteroatoms. The first-order valence-corrected chi connectivity index (χ1v) is 6.51. The molecule has 1 aliphatic heterocycles. The van der Waals surface area contributed by atoms with Gasteiger partial charge in [-0.15, -0.1) is 0 Å². The number of pyridine rings is 1. The largest absolute Gasteiger partial charge is 0.388 e. The molecule has 2 aliphatic rings. The highest BCUT2D eigenvalue weighted by atomic mass is 16.5. The second-order valence-electron chi connectivity index (χ2n) is 5.36. The molecule has 0 bridgehead atoms. The summed E-state index contributed by atoms with van der Waals surface area (Å²) in [4.78, 5) is 3.99. The van der Waals surface area contributed by atoms with Gasteiger partial charge in [0.25, 0.3) is 0 Å². The summed E-state index contributed by atoms with van der Waals surface area (Å²) in [6.07, 6.45) is 8.73. The normalized spacial score (nSPS) is 28.6. The molecule has 3 nitrogen and oxygen atoms in total. The molecule has 17 heavy (non-hydrogen) atoms. The molecule has 1 saturated carbocycles. The Kier molecular flexibility index (Phi) is 2.89. The van der Waals surface area contributed by atoms with Crippen molar-refractivity contribution in [3.63, 3.8) is 0 Å². The van der Waals surface area contributed by atoms with Crippen LogP contribution in [0, 0.1) is 5.92 Å². The third-order valence-corrected chi connectivity index (χ3v) is 4.29. The van der Waals surface area contributed by atoms with Gasteiger partial charge in [-0.05, 0) is 55.7 Å². The average molecular weight is 233 g/mol. The van der Waals surface area contributed by atoms with Crippen molar-refractivity contribution in [3.8, 4) is 0 Å². The van der Waals surface area contributed by atoms with Gasteiger partial charge in [-0.2, -0.15) is 0 Å². The Morgan fingerprint density at radius 1 is 1.35 bits per heavy atom. The quantitative estimate of drug-likeness (QED) is 0.853. The zero-order chi connectivity index (χ0) is 11.7. The van der Waals surface area contributed by atoms with Gasteiger partial charge in [0.15, 0.2) is 0 Å². The summed E-state index contributed by atoms with van der Waals surface area (Å²) in [5.74, 6) is 0.339. The van der Waals surface area contributed by atoms with E-state index in [1.165, 1.54) is 19.3 Å². The molecule has 1 saturated heterocycles. The highest BCUT2D eigenvalue weighted by Crippen LogP contribution is 2.47. The second-order valence-corrected chi connectivity index (χ2v) is 5.36. The monoisotopic (exact) mass is 233 g/mol. The third-order valence-electron chi connectivity index (χ3n) is 4.29. The number of ether oxygens (including phenoxy) is 1. The molecule has 3 rings (SSSR count). The smallest absolute Gasteiger partial charge is 0.0821 e. The van der Waals surface area contributed by atoms with Gasteiger partial charge in [-0.3, -0.25) is 4.98 Å². The van der Waals surface area contributed by atoms with Crippen LogP contribution in [0.25, 0.3) is 0 Å². The molecule has 1 spiro atoms. The molecule has 92 valence electrons. The lowest BCUT2D eigenvalue weighted by Gasteiger charge is -2.48. The molecule has 0 aromatic carbocycles. The van der Waals surface area contributed by atoms with Crippen molar-refractivity contribution in [1.29, 1.82) is 0 Å². The van der Waals surface area contributed by atoms with E-state index >= 15 is 0 Å². The van der Waals surface area contributed by atoms with Crippen LogP contribution in [-0.4, -0.2) is 22.3 Å². The summed E-state index contributed by atoms with van der Waals surface area (Å²) in [6.45, 7) is 0.798. The van der Waals surface area contributed by atoms with Crippen LogP contribution in [0.5, 0.6) is 0 Å². The van der Waals surface area contributed by atoms with Crippen molar-refractivity contribution < 1.29 is 9.84 Å². The Bertz CT molecular complexity index is 375. The number of rotatable bonds is 2. The van der Waals surface area contributed by atoms with Crippen molar-refractivity contribution in [2.75, 3.05) is 6.61 Å². The second kappa shape index (κ2) is 4.39. The molecule has 2 unspecified atom stereocenters. The van der Waals surface area contributed by atoms with Crippen molar-refractivity contribution in [1.82, 2.24) is 4.98 Å². The predicted molar refractivity (Wildman–Crippen MR) is 64.5 cm³/mol. The fourth-order valence-electron chi connectivity index (χ4n) is 3.09. The van der Waals surface area contributed by atoms with E-state index in [1.54, 1.807) is 12.4 Å². The van der Waals surface area contributed by atoms with Crippen molar-refractivity contribution in [2.45, 2.75) is 43.8 Å². The van der Waals surface area contributed by atoms with Gasteiger partial charge in [0.2, 0.25) is 0 Å². The number of aliphatic hydroxyl groups excluding tert-OH is 1. The predicted octanol–water partition coefficient (Wildman–Crippen LogP) is 2.46. The van der Waals surface area contributed by atoms with E-state index in [1.807, 2.05) is 12.1 Å². The van der Waals surface area contributed by atoms with Crippen LogP contribution >= 0.6 is 0 Å². The van der Waals surface area contributed by atoms with Gasteiger partial charge in [-0.1, -0.05) is 0 Å². The highest BCUT2D eigenvalue weighted by molar-refractivity contribution is 5.14. The number of hydrogen-bond donors (Lipinski definition) is 1. The van der Waals surface area contributed by atoms with Crippen LogP contribution in [0.3, 0.4) is 0 Å². The SMILES string of the molecule is OC(c1ccncc1)C1CCOC2(CCC2)C1. The lowest BCUT2D eigenvalue weighted by molar-refractivity contribution is -0.157. The summed E-state index contributed by atoms with van der Waals surface area (Å²) >= 11 is 0. The Hall–Kier alpha value is -0.930. The minimum Gasteiger partial charge on any atom is -0.388 e. The summed E-state index contributed by atoms with van der Waals surface area (Å²) in [6, 6.07) is 3.82. The number of aromatic nitrogens is 1. The van der Waals surface area contributed by atoms with Crippen molar-refractivity contribution in [3.05, 3.63) is 30.1 Å². The highest BCUT2D eigenvalue weighted by Gasteiger charge is 2.44. The number of hydrogen-bond acceptors (Lipinski definition) is 3. The van der Waals surface area contributed by atoms with Crippen LogP contribution < -0.4 is 0 Å². The number of nitrogens with zero attached hydrogens (tertiary/aromatic N) is 1. The molecule has 1 aliphatic carbocycles. The number of aliphatic hydroxyl groups is 1. The summed E-state index contributed by atoms with van der Waals surface area (Å²) in [7, 11) is 0. The van der Waals surface area contributed by atoms with E-state index in [-0.39, 0.29) is 11.7 Å². The minimum absolute atomic E-state index is 0.108. The van der Waals surface area contributed by atoms with Crippen LogP contribution in [0.4, 0.5) is 0 Å². The Morgan fingerprint density at radius 2 is 2.12 bits per heavy atom. The topological polar surface area (TPSA) is 42.4 Å². The Balaban J connectivity index is 1.71. The zero-order valence-electron chi connectivity index (χ0n) is 10.0. The molecule has 1 aromatic rings.